The van der Waals surface area contributed by atoms with Gasteiger partial charge in [0.15, 0.2) is 0 Å². The number of aryl methyl sites for hydroxylation is 1. The third-order valence-electron chi connectivity index (χ3n) is 3.72. The van der Waals surface area contributed by atoms with E-state index in [-0.39, 0.29) is 0 Å². The van der Waals surface area contributed by atoms with Crippen molar-refractivity contribution in [3.63, 3.8) is 0 Å². The van der Waals surface area contributed by atoms with Crippen LogP contribution in [0.25, 0.3) is 0 Å². The van der Waals surface area contributed by atoms with Crippen LogP contribution in [-0.4, -0.2) is 24.1 Å². The molecule has 1 aromatic heterocycles. The summed E-state index contributed by atoms with van der Waals surface area (Å²) in [6.45, 7) is 9.63. The Morgan fingerprint density at radius 1 is 1.39 bits per heavy atom. The molecule has 1 unspecified atom stereocenters. The van der Waals surface area contributed by atoms with E-state index in [2.05, 4.69) is 43.1 Å². The Morgan fingerprint density at radius 2 is 2.22 bits per heavy atom. The van der Waals surface area contributed by atoms with Crippen LogP contribution >= 0.6 is 0 Å². The molecule has 0 bridgehead atoms. The van der Waals surface area contributed by atoms with Gasteiger partial charge < -0.3 is 10.2 Å². The van der Waals surface area contributed by atoms with Crippen molar-refractivity contribution in [2.75, 3.05) is 18.0 Å². The van der Waals surface area contributed by atoms with Crippen LogP contribution in [0.15, 0.2) is 12.1 Å². The van der Waals surface area contributed by atoms with Gasteiger partial charge in [0.05, 0.1) is 0 Å². The smallest absolute Gasteiger partial charge is 0.129 e. The lowest BCUT2D eigenvalue weighted by Gasteiger charge is -2.25. The van der Waals surface area contributed by atoms with Crippen molar-refractivity contribution in [3.8, 4) is 0 Å². The summed E-state index contributed by atoms with van der Waals surface area (Å²) in [4.78, 5) is 7.21. The van der Waals surface area contributed by atoms with Gasteiger partial charge in [-0.05, 0) is 50.4 Å². The molecule has 1 aliphatic heterocycles. The SMILES string of the molecule is CCNCc1cc(C)nc(N2CCCC2CC)c1. The first-order valence-corrected chi connectivity index (χ1v) is 7.19. The van der Waals surface area contributed by atoms with Gasteiger partial charge in [0, 0.05) is 24.8 Å². The van der Waals surface area contributed by atoms with Crippen LogP contribution in [0.3, 0.4) is 0 Å². The highest BCUT2D eigenvalue weighted by Gasteiger charge is 2.24. The second kappa shape index (κ2) is 6.19. The molecule has 1 N–H and O–H groups in total. The molecule has 1 saturated heterocycles. The second-order valence-corrected chi connectivity index (χ2v) is 5.15. The number of hydrogen-bond donors (Lipinski definition) is 1. The molecular weight excluding hydrogens is 222 g/mol. The molecule has 1 aromatic rings. The fourth-order valence-corrected chi connectivity index (χ4v) is 2.80. The first-order valence-electron chi connectivity index (χ1n) is 7.19. The summed E-state index contributed by atoms with van der Waals surface area (Å²) in [6, 6.07) is 5.12. The fraction of sp³-hybridized carbons (Fsp3) is 0.667. The van der Waals surface area contributed by atoms with Crippen LogP contribution < -0.4 is 10.2 Å². The normalized spacial score (nSPS) is 19.5. The molecule has 2 heterocycles. The highest BCUT2D eigenvalue weighted by molar-refractivity contribution is 5.44. The maximum Gasteiger partial charge on any atom is 0.129 e. The molecule has 100 valence electrons. The Bertz CT molecular complexity index is 389. The minimum atomic E-state index is 0.686. The zero-order chi connectivity index (χ0) is 13.0. The van der Waals surface area contributed by atoms with Gasteiger partial charge in [-0.3, -0.25) is 0 Å². The molecule has 2 rings (SSSR count). The molecule has 1 aliphatic rings. The van der Waals surface area contributed by atoms with Crippen LogP contribution in [0.4, 0.5) is 5.82 Å². The van der Waals surface area contributed by atoms with E-state index in [1.165, 1.54) is 30.6 Å². The monoisotopic (exact) mass is 247 g/mol. The number of hydrogen-bond acceptors (Lipinski definition) is 3. The van der Waals surface area contributed by atoms with Gasteiger partial charge in [-0.2, -0.15) is 0 Å². The molecule has 0 saturated carbocycles. The van der Waals surface area contributed by atoms with E-state index >= 15 is 0 Å². The van der Waals surface area contributed by atoms with Crippen LogP contribution in [0, 0.1) is 6.92 Å². The Kier molecular flexibility index (Phi) is 4.59. The maximum atomic E-state index is 4.72. The van der Waals surface area contributed by atoms with E-state index in [9.17, 15) is 0 Å². The van der Waals surface area contributed by atoms with Crippen LogP contribution in [0.1, 0.15) is 44.4 Å². The largest absolute Gasteiger partial charge is 0.354 e. The number of rotatable bonds is 5. The van der Waals surface area contributed by atoms with Crippen LogP contribution in [-0.2, 0) is 6.54 Å². The van der Waals surface area contributed by atoms with Crippen molar-refractivity contribution in [3.05, 3.63) is 23.4 Å². The van der Waals surface area contributed by atoms with E-state index in [1.54, 1.807) is 0 Å². The number of pyridine rings is 1. The van der Waals surface area contributed by atoms with Gasteiger partial charge in [0.1, 0.15) is 5.82 Å². The van der Waals surface area contributed by atoms with Crippen molar-refractivity contribution < 1.29 is 0 Å². The lowest BCUT2D eigenvalue weighted by Crippen LogP contribution is -2.29. The van der Waals surface area contributed by atoms with E-state index in [1.807, 2.05) is 0 Å². The quantitative estimate of drug-likeness (QED) is 0.867. The van der Waals surface area contributed by atoms with Crippen molar-refractivity contribution in [1.29, 1.82) is 0 Å². The maximum absolute atomic E-state index is 4.72. The van der Waals surface area contributed by atoms with E-state index in [0.717, 1.165) is 25.3 Å². The van der Waals surface area contributed by atoms with Gasteiger partial charge in [0.2, 0.25) is 0 Å². The van der Waals surface area contributed by atoms with E-state index in [0.29, 0.717) is 6.04 Å². The third kappa shape index (κ3) is 3.02. The van der Waals surface area contributed by atoms with Crippen molar-refractivity contribution in [2.45, 2.75) is 52.6 Å². The summed E-state index contributed by atoms with van der Waals surface area (Å²) in [7, 11) is 0. The predicted molar refractivity (Wildman–Crippen MR) is 77.0 cm³/mol. The summed E-state index contributed by atoms with van der Waals surface area (Å²) < 4.78 is 0. The standard InChI is InChI=1S/C15H25N3/c1-4-14-7-6-8-18(14)15-10-13(11-16-5-2)9-12(3)17-15/h9-10,14,16H,4-8,11H2,1-3H3. The van der Waals surface area contributed by atoms with Crippen molar-refractivity contribution in [2.24, 2.45) is 0 Å². The average molecular weight is 247 g/mol. The number of anilines is 1. The van der Waals surface area contributed by atoms with Gasteiger partial charge in [-0.1, -0.05) is 13.8 Å². The summed E-state index contributed by atoms with van der Waals surface area (Å²) in [5.74, 6) is 1.17. The predicted octanol–water partition coefficient (Wildman–Crippen LogP) is 2.88. The van der Waals surface area contributed by atoms with Gasteiger partial charge in [-0.15, -0.1) is 0 Å². The number of aromatic nitrogens is 1. The summed E-state index contributed by atoms with van der Waals surface area (Å²) in [5.41, 5.74) is 2.48. The van der Waals surface area contributed by atoms with E-state index < -0.39 is 0 Å². The summed E-state index contributed by atoms with van der Waals surface area (Å²) in [6.07, 6.45) is 3.84. The van der Waals surface area contributed by atoms with E-state index in [4.69, 9.17) is 4.98 Å². The molecule has 3 nitrogen and oxygen atoms in total. The minimum absolute atomic E-state index is 0.686. The molecule has 0 spiro atoms. The van der Waals surface area contributed by atoms with Gasteiger partial charge >= 0.3 is 0 Å². The topological polar surface area (TPSA) is 28.2 Å². The summed E-state index contributed by atoms with van der Waals surface area (Å²) in [5, 5.41) is 3.39. The lowest BCUT2D eigenvalue weighted by atomic mass is 10.1. The zero-order valence-electron chi connectivity index (χ0n) is 11.9. The van der Waals surface area contributed by atoms with Gasteiger partial charge in [-0.25, -0.2) is 4.98 Å². The molecule has 0 aromatic carbocycles. The highest BCUT2D eigenvalue weighted by atomic mass is 15.2. The van der Waals surface area contributed by atoms with Crippen LogP contribution in [0.2, 0.25) is 0 Å². The molecule has 1 fully saturated rings. The fourth-order valence-electron chi connectivity index (χ4n) is 2.80. The minimum Gasteiger partial charge on any atom is -0.354 e. The second-order valence-electron chi connectivity index (χ2n) is 5.15. The molecule has 0 amide bonds. The van der Waals surface area contributed by atoms with Crippen LogP contribution in [0.5, 0.6) is 0 Å². The third-order valence-corrected chi connectivity index (χ3v) is 3.72. The Labute approximate surface area is 111 Å². The first kappa shape index (κ1) is 13.3. The lowest BCUT2D eigenvalue weighted by molar-refractivity contribution is 0.639. The molecule has 18 heavy (non-hydrogen) atoms. The molecule has 3 heteroatoms. The molecule has 1 atom stereocenters. The highest BCUT2D eigenvalue weighted by Crippen LogP contribution is 2.26. The molecular formula is C15H25N3. The van der Waals surface area contributed by atoms with Gasteiger partial charge in [0.25, 0.3) is 0 Å². The Morgan fingerprint density at radius 3 is 2.94 bits per heavy atom. The first-order chi connectivity index (χ1) is 8.74. The Balaban J connectivity index is 2.18. The average Bonchev–Trinajstić information content (AvgIpc) is 2.84. The van der Waals surface area contributed by atoms with Crippen molar-refractivity contribution in [1.82, 2.24) is 10.3 Å². The molecule has 0 radical (unpaired) electrons. The number of nitrogens with one attached hydrogen (secondary N) is 1. The summed E-state index contributed by atoms with van der Waals surface area (Å²) >= 11 is 0. The number of nitrogens with zero attached hydrogens (tertiary/aromatic N) is 2. The molecule has 0 aliphatic carbocycles. The Hall–Kier alpha value is -1.09. The van der Waals surface area contributed by atoms with Crippen molar-refractivity contribution >= 4 is 5.82 Å². The zero-order valence-corrected chi connectivity index (χ0v) is 11.9.